The molecule has 96 valence electrons. The van der Waals surface area contributed by atoms with Crippen molar-refractivity contribution in [2.75, 3.05) is 7.11 Å². The summed E-state index contributed by atoms with van der Waals surface area (Å²) in [5.41, 5.74) is 2.04. The van der Waals surface area contributed by atoms with Crippen molar-refractivity contribution in [2.45, 2.75) is 6.04 Å². The second-order valence-corrected chi connectivity index (χ2v) is 4.63. The number of nitrogens with one attached hydrogen (secondary N) is 1. The lowest BCUT2D eigenvalue weighted by atomic mass is 9.86. The highest BCUT2D eigenvalue weighted by atomic mass is 16.5. The SMILES string of the molecule is COc1ccc(C2=CC=C[C@@H]3C=C[C@H]2C(=O)N3)cc1. The Morgan fingerprint density at radius 3 is 2.58 bits per heavy atom. The van der Waals surface area contributed by atoms with Crippen molar-refractivity contribution < 1.29 is 9.53 Å². The third kappa shape index (κ3) is 2.19. The van der Waals surface area contributed by atoms with Gasteiger partial charge < -0.3 is 10.1 Å². The summed E-state index contributed by atoms with van der Waals surface area (Å²) in [5.74, 6) is 0.656. The molecule has 0 aromatic heterocycles. The van der Waals surface area contributed by atoms with Crippen molar-refractivity contribution >= 4 is 11.5 Å². The fraction of sp³-hybridized carbons (Fsp3) is 0.188. The number of carbonyl (C=O) groups excluding carboxylic acids is 1. The number of methoxy groups -OCH3 is 1. The van der Waals surface area contributed by atoms with E-state index in [1.54, 1.807) is 7.11 Å². The number of hydrogen-bond acceptors (Lipinski definition) is 2. The summed E-state index contributed by atoms with van der Waals surface area (Å²) < 4.78 is 5.16. The van der Waals surface area contributed by atoms with E-state index in [4.69, 9.17) is 4.74 Å². The highest BCUT2D eigenvalue weighted by molar-refractivity contribution is 5.96. The summed E-state index contributed by atoms with van der Waals surface area (Å²) >= 11 is 0. The number of carbonyl (C=O) groups is 1. The van der Waals surface area contributed by atoms with Gasteiger partial charge in [-0.25, -0.2) is 0 Å². The molecule has 1 amide bonds. The summed E-state index contributed by atoms with van der Waals surface area (Å²) in [5, 5.41) is 2.96. The quantitative estimate of drug-likeness (QED) is 0.821. The van der Waals surface area contributed by atoms with Crippen LogP contribution < -0.4 is 10.1 Å². The molecule has 2 atom stereocenters. The molecule has 3 heteroatoms. The summed E-state index contributed by atoms with van der Waals surface area (Å²) in [7, 11) is 1.64. The molecule has 2 bridgehead atoms. The van der Waals surface area contributed by atoms with Gasteiger partial charge in [0.2, 0.25) is 5.91 Å². The maximum Gasteiger partial charge on any atom is 0.232 e. The molecule has 19 heavy (non-hydrogen) atoms. The van der Waals surface area contributed by atoms with Gasteiger partial charge in [0.25, 0.3) is 0 Å². The van der Waals surface area contributed by atoms with E-state index in [9.17, 15) is 4.79 Å². The zero-order chi connectivity index (χ0) is 13.2. The molecule has 2 heterocycles. The Hall–Kier alpha value is -2.29. The van der Waals surface area contributed by atoms with Crippen LogP contribution in [0.15, 0.2) is 54.6 Å². The van der Waals surface area contributed by atoms with Crippen LogP contribution in [0.4, 0.5) is 0 Å². The largest absolute Gasteiger partial charge is 0.497 e. The summed E-state index contributed by atoms with van der Waals surface area (Å²) in [4.78, 5) is 12.1. The lowest BCUT2D eigenvalue weighted by Gasteiger charge is -2.26. The fourth-order valence-corrected chi connectivity index (χ4v) is 2.42. The first-order chi connectivity index (χ1) is 9.28. The molecule has 3 nitrogen and oxygen atoms in total. The second kappa shape index (κ2) is 4.76. The Kier molecular flexibility index (Phi) is 2.95. The summed E-state index contributed by atoms with van der Waals surface area (Å²) in [6.45, 7) is 0. The van der Waals surface area contributed by atoms with E-state index in [0.29, 0.717) is 0 Å². The van der Waals surface area contributed by atoms with Crippen LogP contribution >= 0.6 is 0 Å². The van der Waals surface area contributed by atoms with Gasteiger partial charge in [-0.1, -0.05) is 42.5 Å². The van der Waals surface area contributed by atoms with Crippen LogP contribution in [0.1, 0.15) is 5.56 Å². The Labute approximate surface area is 112 Å². The number of fused-ring (bicyclic) bond motifs is 2. The van der Waals surface area contributed by atoms with E-state index < -0.39 is 0 Å². The molecule has 0 fully saturated rings. The van der Waals surface area contributed by atoms with Gasteiger partial charge in [-0.3, -0.25) is 4.79 Å². The van der Waals surface area contributed by atoms with Crippen LogP contribution in [0.5, 0.6) is 5.75 Å². The molecule has 0 spiro atoms. The number of ether oxygens (including phenoxy) is 1. The predicted octanol–water partition coefficient (Wildman–Crippen LogP) is 2.32. The van der Waals surface area contributed by atoms with E-state index in [1.165, 1.54) is 0 Å². The molecule has 4 rings (SSSR count). The van der Waals surface area contributed by atoms with Crippen molar-refractivity contribution in [1.82, 2.24) is 5.32 Å². The Balaban J connectivity index is 2.01. The monoisotopic (exact) mass is 253 g/mol. The minimum absolute atomic E-state index is 0.0254. The van der Waals surface area contributed by atoms with Crippen molar-refractivity contribution in [3.63, 3.8) is 0 Å². The zero-order valence-electron chi connectivity index (χ0n) is 10.7. The van der Waals surface area contributed by atoms with Crippen LogP contribution in [0.25, 0.3) is 5.57 Å². The van der Waals surface area contributed by atoms with E-state index >= 15 is 0 Å². The predicted molar refractivity (Wildman–Crippen MR) is 74.7 cm³/mol. The number of rotatable bonds is 2. The summed E-state index contributed by atoms with van der Waals surface area (Å²) in [6.07, 6.45) is 10.00. The van der Waals surface area contributed by atoms with E-state index in [0.717, 1.165) is 16.9 Å². The number of hydrogen-bond donors (Lipinski definition) is 1. The molecule has 2 aliphatic heterocycles. The van der Waals surface area contributed by atoms with Gasteiger partial charge in [0.1, 0.15) is 5.75 Å². The van der Waals surface area contributed by atoms with Crippen LogP contribution in [0, 0.1) is 5.92 Å². The smallest absolute Gasteiger partial charge is 0.232 e. The molecule has 3 aliphatic rings. The maximum absolute atomic E-state index is 12.1. The van der Waals surface area contributed by atoms with Crippen LogP contribution in [-0.2, 0) is 4.79 Å². The second-order valence-electron chi connectivity index (χ2n) is 4.63. The van der Waals surface area contributed by atoms with Gasteiger partial charge >= 0.3 is 0 Å². The highest BCUT2D eigenvalue weighted by Crippen LogP contribution is 2.30. The van der Waals surface area contributed by atoms with Gasteiger partial charge in [0, 0.05) is 0 Å². The average molecular weight is 253 g/mol. The summed E-state index contributed by atoms with van der Waals surface area (Å²) in [6, 6.07) is 7.80. The minimum Gasteiger partial charge on any atom is -0.497 e. The first-order valence-corrected chi connectivity index (χ1v) is 6.29. The van der Waals surface area contributed by atoms with Gasteiger partial charge in [-0.2, -0.15) is 0 Å². The molecule has 1 N–H and O–H groups in total. The van der Waals surface area contributed by atoms with Gasteiger partial charge in [-0.05, 0) is 23.3 Å². The van der Waals surface area contributed by atoms with Crippen molar-refractivity contribution in [1.29, 1.82) is 0 Å². The zero-order valence-corrected chi connectivity index (χ0v) is 10.7. The minimum atomic E-state index is -0.213. The third-order valence-corrected chi connectivity index (χ3v) is 3.45. The fourth-order valence-electron chi connectivity index (χ4n) is 2.42. The van der Waals surface area contributed by atoms with E-state index in [2.05, 4.69) is 5.32 Å². The van der Waals surface area contributed by atoms with E-state index in [1.807, 2.05) is 54.6 Å². The molecule has 1 aromatic rings. The maximum atomic E-state index is 12.1. The van der Waals surface area contributed by atoms with Gasteiger partial charge in [-0.15, -0.1) is 0 Å². The Bertz CT molecular complexity index is 581. The first kappa shape index (κ1) is 11.8. The molecule has 0 radical (unpaired) electrons. The number of amides is 1. The Morgan fingerprint density at radius 1 is 1.11 bits per heavy atom. The molecule has 0 unspecified atom stereocenters. The average Bonchev–Trinajstić information content (AvgIpc) is 2.41. The molecule has 0 saturated carbocycles. The molecule has 0 saturated heterocycles. The highest BCUT2D eigenvalue weighted by Gasteiger charge is 2.27. The molecular formula is C16H15NO2. The van der Waals surface area contributed by atoms with Crippen molar-refractivity contribution in [3.05, 3.63) is 60.2 Å². The number of benzene rings is 1. The van der Waals surface area contributed by atoms with Crippen molar-refractivity contribution in [3.8, 4) is 5.75 Å². The van der Waals surface area contributed by atoms with Crippen LogP contribution in [-0.4, -0.2) is 19.1 Å². The third-order valence-electron chi connectivity index (χ3n) is 3.45. The van der Waals surface area contributed by atoms with Gasteiger partial charge in [0.15, 0.2) is 0 Å². The molecular weight excluding hydrogens is 238 g/mol. The molecule has 1 aliphatic carbocycles. The topological polar surface area (TPSA) is 38.3 Å². The standard InChI is InChI=1S/C16H15NO2/c1-19-13-8-5-11(6-9-13)14-4-2-3-12-7-10-15(14)16(18)17-12/h2-10,12,15H,1H3,(H,17,18)/t12-,15-/m1/s1. The molecule has 1 aromatic carbocycles. The Morgan fingerprint density at radius 2 is 1.89 bits per heavy atom. The van der Waals surface area contributed by atoms with Crippen LogP contribution in [0.3, 0.4) is 0 Å². The normalized spacial score (nSPS) is 24.5. The van der Waals surface area contributed by atoms with Crippen molar-refractivity contribution in [2.24, 2.45) is 5.92 Å². The lowest BCUT2D eigenvalue weighted by molar-refractivity contribution is -0.122. The first-order valence-electron chi connectivity index (χ1n) is 6.29. The van der Waals surface area contributed by atoms with E-state index in [-0.39, 0.29) is 17.9 Å². The van der Waals surface area contributed by atoms with Crippen LogP contribution in [0.2, 0.25) is 0 Å². The number of allylic oxidation sites excluding steroid dienone is 2. The lowest BCUT2D eigenvalue weighted by Crippen LogP contribution is -2.40. The van der Waals surface area contributed by atoms with Gasteiger partial charge in [0.05, 0.1) is 19.1 Å².